The summed E-state index contributed by atoms with van der Waals surface area (Å²) in [6.07, 6.45) is 7.83. The molecule has 0 radical (unpaired) electrons. The summed E-state index contributed by atoms with van der Waals surface area (Å²) in [4.78, 5) is 23.6. The van der Waals surface area contributed by atoms with Crippen LogP contribution in [0.5, 0.6) is 0 Å². The quantitative estimate of drug-likeness (QED) is 0.745. The molecule has 0 saturated heterocycles. The van der Waals surface area contributed by atoms with Crippen molar-refractivity contribution in [1.82, 2.24) is 10.6 Å². The van der Waals surface area contributed by atoms with Crippen LogP contribution in [0.1, 0.15) is 51.9 Å². The van der Waals surface area contributed by atoms with Crippen LogP contribution in [0.15, 0.2) is 0 Å². The monoisotopic (exact) mass is 294 g/mol. The third-order valence-electron chi connectivity index (χ3n) is 5.99. The number of carboxylic acid groups (broad SMARTS) is 1. The molecule has 3 aliphatic carbocycles. The summed E-state index contributed by atoms with van der Waals surface area (Å²) in [5, 5.41) is 15.3. The van der Waals surface area contributed by atoms with Crippen LogP contribution in [0.2, 0.25) is 0 Å². The summed E-state index contributed by atoms with van der Waals surface area (Å²) in [7, 11) is 0. The van der Waals surface area contributed by atoms with Crippen molar-refractivity contribution in [2.45, 2.75) is 57.9 Å². The maximum Gasteiger partial charge on any atom is 0.315 e. The van der Waals surface area contributed by atoms with Gasteiger partial charge < -0.3 is 15.7 Å². The molecule has 3 saturated carbocycles. The number of amides is 2. The van der Waals surface area contributed by atoms with E-state index in [1.54, 1.807) is 0 Å². The second-order valence-corrected chi connectivity index (χ2v) is 7.57. The van der Waals surface area contributed by atoms with Crippen LogP contribution < -0.4 is 10.6 Å². The smallest absolute Gasteiger partial charge is 0.315 e. The molecule has 3 fully saturated rings. The van der Waals surface area contributed by atoms with Gasteiger partial charge in [-0.25, -0.2) is 4.79 Å². The highest BCUT2D eigenvalue weighted by atomic mass is 16.4. The number of hydrogen-bond donors (Lipinski definition) is 3. The second-order valence-electron chi connectivity index (χ2n) is 7.57. The maximum atomic E-state index is 12.1. The van der Waals surface area contributed by atoms with Gasteiger partial charge in [-0.1, -0.05) is 19.8 Å². The first kappa shape index (κ1) is 14.7. The molecule has 0 aromatic heterocycles. The molecule has 5 nitrogen and oxygen atoms in total. The summed E-state index contributed by atoms with van der Waals surface area (Å²) in [5.41, 5.74) is 0.220. The van der Waals surface area contributed by atoms with E-state index in [4.69, 9.17) is 0 Å². The van der Waals surface area contributed by atoms with Crippen molar-refractivity contribution < 1.29 is 14.7 Å². The van der Waals surface area contributed by atoms with E-state index in [1.807, 2.05) is 0 Å². The molecule has 2 bridgehead atoms. The van der Waals surface area contributed by atoms with Crippen LogP contribution in [0, 0.1) is 23.2 Å². The van der Waals surface area contributed by atoms with Gasteiger partial charge in [-0.2, -0.15) is 0 Å². The Morgan fingerprint density at radius 2 is 1.86 bits per heavy atom. The number of hydrogen-bond acceptors (Lipinski definition) is 2. The fourth-order valence-electron chi connectivity index (χ4n) is 4.76. The number of nitrogens with one attached hydrogen (secondary N) is 2. The van der Waals surface area contributed by atoms with Crippen molar-refractivity contribution in [3.05, 3.63) is 0 Å². The van der Waals surface area contributed by atoms with Crippen LogP contribution in [-0.2, 0) is 4.79 Å². The largest absolute Gasteiger partial charge is 0.481 e. The molecule has 21 heavy (non-hydrogen) atoms. The van der Waals surface area contributed by atoms with E-state index in [2.05, 4.69) is 17.6 Å². The zero-order valence-electron chi connectivity index (χ0n) is 12.7. The summed E-state index contributed by atoms with van der Waals surface area (Å²) < 4.78 is 0. The number of carboxylic acids is 1. The van der Waals surface area contributed by atoms with Gasteiger partial charge in [-0.05, 0) is 49.4 Å². The van der Waals surface area contributed by atoms with Gasteiger partial charge in [0, 0.05) is 12.6 Å². The highest BCUT2D eigenvalue weighted by Gasteiger charge is 2.51. The Hall–Kier alpha value is -1.26. The highest BCUT2D eigenvalue weighted by Crippen LogP contribution is 2.48. The zero-order valence-corrected chi connectivity index (χ0v) is 12.7. The fraction of sp³-hybridized carbons (Fsp3) is 0.875. The third kappa shape index (κ3) is 2.87. The number of carbonyl (C=O) groups is 2. The zero-order chi connectivity index (χ0) is 15.0. The first-order valence-electron chi connectivity index (χ1n) is 8.26. The molecule has 4 unspecified atom stereocenters. The lowest BCUT2D eigenvalue weighted by Crippen LogP contribution is -2.51. The highest BCUT2D eigenvalue weighted by molar-refractivity contribution is 5.77. The van der Waals surface area contributed by atoms with Gasteiger partial charge in [0.05, 0.1) is 5.92 Å². The predicted molar refractivity (Wildman–Crippen MR) is 78.9 cm³/mol. The fourth-order valence-corrected chi connectivity index (χ4v) is 4.76. The minimum atomic E-state index is -0.754. The molecule has 0 aliphatic heterocycles. The summed E-state index contributed by atoms with van der Waals surface area (Å²) in [5.74, 6) is -0.541. The third-order valence-corrected chi connectivity index (χ3v) is 5.99. The van der Waals surface area contributed by atoms with E-state index >= 15 is 0 Å². The van der Waals surface area contributed by atoms with E-state index in [0.717, 1.165) is 19.3 Å². The van der Waals surface area contributed by atoms with E-state index in [9.17, 15) is 14.7 Å². The molecule has 2 amide bonds. The maximum absolute atomic E-state index is 12.1. The Labute approximate surface area is 125 Å². The Bertz CT molecular complexity index is 431. The molecule has 5 heteroatoms. The van der Waals surface area contributed by atoms with Gasteiger partial charge in [0.25, 0.3) is 0 Å². The van der Waals surface area contributed by atoms with Crippen LogP contribution in [0.3, 0.4) is 0 Å². The minimum absolute atomic E-state index is 0.183. The van der Waals surface area contributed by atoms with Crippen molar-refractivity contribution in [1.29, 1.82) is 0 Å². The first-order valence-corrected chi connectivity index (χ1v) is 8.26. The van der Waals surface area contributed by atoms with Gasteiger partial charge >= 0.3 is 12.0 Å². The molecule has 3 aliphatic rings. The van der Waals surface area contributed by atoms with Gasteiger partial charge in [0.2, 0.25) is 0 Å². The molecule has 0 spiro atoms. The average molecular weight is 294 g/mol. The molecule has 0 aromatic rings. The number of aliphatic carboxylic acids is 1. The molecule has 0 aromatic carbocycles. The SMILES string of the molecule is CC1(CNC(=O)NC2C3CCC(C3)C2C(=O)O)CCCC1. The molecule has 0 heterocycles. The Balaban J connectivity index is 1.53. The molecular weight excluding hydrogens is 268 g/mol. The summed E-state index contributed by atoms with van der Waals surface area (Å²) in [6, 6.07) is -0.371. The number of fused-ring (bicyclic) bond motifs is 2. The van der Waals surface area contributed by atoms with Gasteiger partial charge in [0.15, 0.2) is 0 Å². The molecule has 4 atom stereocenters. The van der Waals surface area contributed by atoms with E-state index in [0.29, 0.717) is 12.5 Å². The molecular formula is C16H26N2O3. The van der Waals surface area contributed by atoms with Gasteiger partial charge in [-0.3, -0.25) is 4.79 Å². The Morgan fingerprint density at radius 3 is 2.52 bits per heavy atom. The second kappa shape index (κ2) is 5.50. The van der Waals surface area contributed by atoms with Crippen molar-refractivity contribution in [3.8, 4) is 0 Å². The minimum Gasteiger partial charge on any atom is -0.481 e. The van der Waals surface area contributed by atoms with Gasteiger partial charge in [0.1, 0.15) is 0 Å². The lowest BCUT2D eigenvalue weighted by atomic mass is 9.84. The normalized spacial score (nSPS) is 36.6. The summed E-state index contributed by atoms with van der Waals surface area (Å²) in [6.45, 7) is 2.91. The van der Waals surface area contributed by atoms with E-state index < -0.39 is 11.9 Å². The van der Waals surface area contributed by atoms with Crippen molar-refractivity contribution in [3.63, 3.8) is 0 Å². The van der Waals surface area contributed by atoms with Gasteiger partial charge in [-0.15, -0.1) is 0 Å². The number of urea groups is 1. The first-order chi connectivity index (χ1) is 9.98. The van der Waals surface area contributed by atoms with Crippen LogP contribution in [0.25, 0.3) is 0 Å². The van der Waals surface area contributed by atoms with E-state index in [1.165, 1.54) is 25.7 Å². The summed E-state index contributed by atoms with van der Waals surface area (Å²) >= 11 is 0. The van der Waals surface area contributed by atoms with Crippen molar-refractivity contribution >= 4 is 12.0 Å². The number of carbonyl (C=O) groups excluding carboxylic acids is 1. The van der Waals surface area contributed by atoms with E-state index in [-0.39, 0.29) is 23.4 Å². The lowest BCUT2D eigenvalue weighted by Gasteiger charge is -2.30. The van der Waals surface area contributed by atoms with Crippen molar-refractivity contribution in [2.24, 2.45) is 23.2 Å². The van der Waals surface area contributed by atoms with Crippen LogP contribution in [0.4, 0.5) is 4.79 Å². The average Bonchev–Trinajstić information content (AvgIpc) is 3.12. The van der Waals surface area contributed by atoms with Crippen LogP contribution in [-0.4, -0.2) is 29.7 Å². The van der Waals surface area contributed by atoms with Crippen LogP contribution >= 0.6 is 0 Å². The Kier molecular flexibility index (Phi) is 3.84. The lowest BCUT2D eigenvalue weighted by molar-refractivity contribution is -0.144. The van der Waals surface area contributed by atoms with Crippen molar-refractivity contribution in [2.75, 3.05) is 6.54 Å². The number of rotatable bonds is 4. The Morgan fingerprint density at radius 1 is 1.19 bits per heavy atom. The topological polar surface area (TPSA) is 78.4 Å². The predicted octanol–water partition coefficient (Wildman–Crippen LogP) is 2.37. The molecule has 118 valence electrons. The molecule has 3 N–H and O–H groups in total. The molecule has 3 rings (SSSR count). The standard InChI is InChI=1S/C16H26N2O3/c1-16(6-2-3-7-16)9-17-15(21)18-13-11-5-4-10(8-11)12(13)14(19)20/h10-13H,2-9H2,1H3,(H,19,20)(H2,17,18,21).